The molecular weight excluding hydrogens is 208 g/mol. The molecule has 1 nitrogen and oxygen atoms in total. The van der Waals surface area contributed by atoms with E-state index in [1.165, 1.54) is 18.8 Å². The third-order valence-corrected chi connectivity index (χ3v) is 7.63. The largest absolute Gasteiger partial charge is 0.381 e. The fourth-order valence-electron chi connectivity index (χ4n) is 7.53. The fourth-order valence-corrected chi connectivity index (χ4v) is 7.53. The van der Waals surface area contributed by atoms with Crippen LogP contribution in [0.3, 0.4) is 0 Å². The first-order chi connectivity index (χ1) is 8.38. The molecule has 9 unspecified atom stereocenters. The molecular formula is C16H24O. The van der Waals surface area contributed by atoms with E-state index in [0.717, 1.165) is 41.4 Å². The van der Waals surface area contributed by atoms with Crippen molar-refractivity contribution in [3.05, 3.63) is 0 Å². The van der Waals surface area contributed by atoms with Crippen LogP contribution in [0.5, 0.6) is 0 Å². The van der Waals surface area contributed by atoms with Gasteiger partial charge in [0, 0.05) is 7.11 Å². The van der Waals surface area contributed by atoms with Crippen LogP contribution in [0.4, 0.5) is 0 Å². The third-order valence-electron chi connectivity index (χ3n) is 7.63. The molecule has 5 aliphatic carbocycles. The number of ether oxygens (including phenoxy) is 1. The van der Waals surface area contributed by atoms with Gasteiger partial charge in [0.15, 0.2) is 0 Å². The van der Waals surface area contributed by atoms with Crippen LogP contribution in [0.2, 0.25) is 0 Å². The fraction of sp³-hybridized carbons (Fsp3) is 1.00. The smallest absolute Gasteiger partial charge is 0.0605 e. The molecule has 5 rings (SSSR count). The van der Waals surface area contributed by atoms with Gasteiger partial charge in [0.1, 0.15) is 0 Å². The summed E-state index contributed by atoms with van der Waals surface area (Å²) in [5.41, 5.74) is 0. The van der Waals surface area contributed by atoms with Gasteiger partial charge in [-0.05, 0) is 79.4 Å². The van der Waals surface area contributed by atoms with E-state index in [1.54, 1.807) is 25.7 Å². The molecule has 0 N–H and O–H groups in total. The molecule has 5 fully saturated rings. The van der Waals surface area contributed by atoms with Crippen molar-refractivity contribution in [2.24, 2.45) is 47.3 Å². The van der Waals surface area contributed by atoms with Gasteiger partial charge in [0.25, 0.3) is 0 Å². The van der Waals surface area contributed by atoms with Gasteiger partial charge in [-0.3, -0.25) is 0 Å². The Kier molecular flexibility index (Phi) is 1.79. The Morgan fingerprint density at radius 3 is 2.29 bits per heavy atom. The van der Waals surface area contributed by atoms with Gasteiger partial charge in [-0.2, -0.15) is 0 Å². The molecule has 94 valence electrons. The van der Waals surface area contributed by atoms with E-state index >= 15 is 0 Å². The highest BCUT2D eigenvalue weighted by Crippen LogP contribution is 2.72. The van der Waals surface area contributed by atoms with Crippen molar-refractivity contribution >= 4 is 0 Å². The quantitative estimate of drug-likeness (QED) is 0.630. The van der Waals surface area contributed by atoms with E-state index in [-0.39, 0.29) is 0 Å². The molecule has 0 radical (unpaired) electrons. The van der Waals surface area contributed by atoms with Crippen LogP contribution in [-0.4, -0.2) is 13.2 Å². The summed E-state index contributed by atoms with van der Waals surface area (Å²) >= 11 is 0. The number of fused-ring (bicyclic) bond motifs is 12. The van der Waals surface area contributed by atoms with Gasteiger partial charge in [-0.25, -0.2) is 0 Å². The number of rotatable bonds is 1. The minimum atomic E-state index is 0.639. The molecule has 0 aromatic rings. The second-order valence-corrected chi connectivity index (χ2v) is 7.65. The Morgan fingerprint density at radius 1 is 0.765 bits per heavy atom. The van der Waals surface area contributed by atoms with Crippen molar-refractivity contribution in [2.45, 2.75) is 44.6 Å². The Bertz CT molecular complexity index is 351. The Morgan fingerprint density at radius 2 is 1.53 bits per heavy atom. The molecule has 17 heavy (non-hydrogen) atoms. The van der Waals surface area contributed by atoms with E-state index in [4.69, 9.17) is 4.74 Å². The molecule has 5 saturated carbocycles. The first kappa shape index (κ1) is 9.83. The minimum Gasteiger partial charge on any atom is -0.381 e. The molecule has 4 bridgehead atoms. The summed E-state index contributed by atoms with van der Waals surface area (Å²) in [6.45, 7) is 0. The zero-order valence-electron chi connectivity index (χ0n) is 10.8. The highest BCUT2D eigenvalue weighted by molar-refractivity contribution is 5.16. The molecule has 0 saturated heterocycles. The van der Waals surface area contributed by atoms with E-state index in [2.05, 4.69) is 0 Å². The van der Waals surface area contributed by atoms with Gasteiger partial charge < -0.3 is 4.74 Å². The average molecular weight is 232 g/mol. The summed E-state index contributed by atoms with van der Waals surface area (Å²) < 4.78 is 5.77. The van der Waals surface area contributed by atoms with Crippen molar-refractivity contribution in [2.75, 3.05) is 7.11 Å². The normalized spacial score (nSPS) is 66.5. The highest BCUT2D eigenvalue weighted by atomic mass is 16.5. The third kappa shape index (κ3) is 0.993. The molecule has 0 heterocycles. The summed E-state index contributed by atoms with van der Waals surface area (Å²) in [4.78, 5) is 0. The predicted octanol–water partition coefficient (Wildman–Crippen LogP) is 3.34. The van der Waals surface area contributed by atoms with Crippen molar-refractivity contribution in [1.29, 1.82) is 0 Å². The summed E-state index contributed by atoms with van der Waals surface area (Å²) in [6.07, 6.45) is 9.90. The predicted molar refractivity (Wildman–Crippen MR) is 66.4 cm³/mol. The molecule has 9 atom stereocenters. The molecule has 0 aromatic carbocycles. The maximum absolute atomic E-state index is 5.77. The first-order valence-electron chi connectivity index (χ1n) is 7.91. The number of hydrogen-bond acceptors (Lipinski definition) is 1. The Labute approximate surface area is 104 Å². The second kappa shape index (κ2) is 3.10. The van der Waals surface area contributed by atoms with Crippen molar-refractivity contribution in [3.63, 3.8) is 0 Å². The van der Waals surface area contributed by atoms with Crippen molar-refractivity contribution in [3.8, 4) is 0 Å². The zero-order valence-corrected chi connectivity index (χ0v) is 10.8. The van der Waals surface area contributed by atoms with E-state index in [1.807, 2.05) is 7.11 Å². The standard InChI is InChI=1S/C16H24O/c1-17-14-6-8-5-13(14)16-12-7-11(15(8)16)9-3-2-4-10(9)12/h8-16H,2-7H2,1H3. The summed E-state index contributed by atoms with van der Waals surface area (Å²) in [6, 6.07) is 0. The van der Waals surface area contributed by atoms with Crippen LogP contribution in [0, 0.1) is 47.3 Å². The molecule has 0 spiro atoms. The SMILES string of the molecule is COC1CC2CC1C1C3CC(C4CCCC43)C21. The Hall–Kier alpha value is -0.0400. The van der Waals surface area contributed by atoms with Gasteiger partial charge in [-0.15, -0.1) is 0 Å². The summed E-state index contributed by atoms with van der Waals surface area (Å²) in [5.74, 6) is 8.88. The van der Waals surface area contributed by atoms with Gasteiger partial charge in [0.2, 0.25) is 0 Å². The van der Waals surface area contributed by atoms with Crippen LogP contribution in [0.25, 0.3) is 0 Å². The molecule has 0 aliphatic heterocycles. The van der Waals surface area contributed by atoms with Crippen LogP contribution in [-0.2, 0) is 4.74 Å². The molecule has 0 amide bonds. The molecule has 5 aliphatic rings. The minimum absolute atomic E-state index is 0.639. The van der Waals surface area contributed by atoms with Gasteiger partial charge in [-0.1, -0.05) is 6.42 Å². The molecule has 1 heteroatoms. The van der Waals surface area contributed by atoms with Crippen molar-refractivity contribution in [1.82, 2.24) is 0 Å². The zero-order chi connectivity index (χ0) is 11.1. The highest BCUT2D eigenvalue weighted by Gasteiger charge is 2.67. The van der Waals surface area contributed by atoms with Gasteiger partial charge >= 0.3 is 0 Å². The average Bonchev–Trinajstić information content (AvgIpc) is 3.09. The lowest BCUT2D eigenvalue weighted by atomic mass is 9.64. The summed E-state index contributed by atoms with van der Waals surface area (Å²) in [5, 5.41) is 0. The van der Waals surface area contributed by atoms with Crippen LogP contribution < -0.4 is 0 Å². The lowest BCUT2D eigenvalue weighted by Gasteiger charge is -2.43. The number of hydrogen-bond donors (Lipinski definition) is 0. The topological polar surface area (TPSA) is 9.23 Å². The van der Waals surface area contributed by atoms with Crippen LogP contribution in [0.15, 0.2) is 0 Å². The van der Waals surface area contributed by atoms with E-state index in [9.17, 15) is 0 Å². The molecule has 0 aromatic heterocycles. The lowest BCUT2D eigenvalue weighted by molar-refractivity contribution is -0.0224. The monoisotopic (exact) mass is 232 g/mol. The maximum Gasteiger partial charge on any atom is 0.0605 e. The first-order valence-corrected chi connectivity index (χ1v) is 7.91. The van der Waals surface area contributed by atoms with Crippen LogP contribution in [0.1, 0.15) is 38.5 Å². The van der Waals surface area contributed by atoms with Crippen molar-refractivity contribution < 1.29 is 4.74 Å². The number of methoxy groups -OCH3 is 1. The van der Waals surface area contributed by atoms with Crippen LogP contribution >= 0.6 is 0 Å². The van der Waals surface area contributed by atoms with E-state index in [0.29, 0.717) is 6.10 Å². The second-order valence-electron chi connectivity index (χ2n) is 7.65. The summed E-state index contributed by atoms with van der Waals surface area (Å²) in [7, 11) is 1.95. The Balaban J connectivity index is 1.52. The lowest BCUT2D eigenvalue weighted by Crippen LogP contribution is -2.40. The maximum atomic E-state index is 5.77. The van der Waals surface area contributed by atoms with Gasteiger partial charge in [0.05, 0.1) is 6.10 Å². The van der Waals surface area contributed by atoms with E-state index < -0.39 is 0 Å².